The Morgan fingerprint density at radius 2 is 2.10 bits per heavy atom. The van der Waals surface area contributed by atoms with Crippen molar-refractivity contribution in [2.45, 2.75) is 6.92 Å². The summed E-state index contributed by atoms with van der Waals surface area (Å²) in [6, 6.07) is 0. The molecule has 1 N–H and O–H groups in total. The Morgan fingerprint density at radius 3 is 2.40 bits per heavy atom. The maximum Gasteiger partial charge on any atom is 0.329 e. The summed E-state index contributed by atoms with van der Waals surface area (Å²) in [7, 11) is -3.28. The lowest BCUT2D eigenvalue weighted by Gasteiger charge is -1.87. The van der Waals surface area contributed by atoms with Crippen molar-refractivity contribution in [1.29, 1.82) is 0 Å². The van der Waals surface area contributed by atoms with Crippen molar-refractivity contribution in [3.05, 3.63) is 11.5 Å². The minimum atomic E-state index is -3.28. The van der Waals surface area contributed by atoms with E-state index in [-0.39, 0.29) is 5.75 Å². The maximum absolute atomic E-state index is 10.6. The summed E-state index contributed by atoms with van der Waals surface area (Å²) >= 11 is 0. The third kappa shape index (κ3) is 4.08. The van der Waals surface area contributed by atoms with Crippen molar-refractivity contribution in [1.82, 2.24) is 0 Å². The van der Waals surface area contributed by atoms with Gasteiger partial charge in [0.05, 0.1) is 5.75 Å². The highest BCUT2D eigenvalue weighted by molar-refractivity contribution is 7.94. The maximum atomic E-state index is 10.6. The fourth-order valence-electron chi connectivity index (χ4n) is 0.258. The minimum Gasteiger partial charge on any atom is -0.478 e. The lowest BCUT2D eigenvalue weighted by molar-refractivity contribution is -0.131. The Kier molecular flexibility index (Phi) is 3.08. The van der Waals surface area contributed by atoms with Crippen LogP contribution in [0, 0.1) is 0 Å². The van der Waals surface area contributed by atoms with Crippen LogP contribution in [-0.2, 0) is 14.6 Å². The van der Waals surface area contributed by atoms with Crippen molar-refractivity contribution in [2.75, 3.05) is 5.75 Å². The van der Waals surface area contributed by atoms with Crippen LogP contribution < -0.4 is 0 Å². The van der Waals surface area contributed by atoms with Gasteiger partial charge < -0.3 is 5.11 Å². The highest BCUT2D eigenvalue weighted by atomic mass is 32.2. The van der Waals surface area contributed by atoms with Gasteiger partial charge in [-0.05, 0) is 0 Å². The number of carbonyl (C=O) groups is 1. The van der Waals surface area contributed by atoms with Crippen molar-refractivity contribution in [3.63, 3.8) is 0 Å². The average Bonchev–Trinajstić information content (AvgIpc) is 1.85. The van der Waals surface area contributed by atoms with Gasteiger partial charge in [-0.15, -0.1) is 0 Å². The molecule has 0 unspecified atom stereocenters. The molecule has 0 amide bonds. The van der Waals surface area contributed by atoms with E-state index in [0.717, 1.165) is 0 Å². The zero-order valence-corrected chi connectivity index (χ0v) is 6.26. The monoisotopic (exact) mass is 164 g/mol. The first-order chi connectivity index (χ1) is 4.48. The fraction of sp³-hybridized carbons (Fsp3) is 0.400. The Hall–Kier alpha value is -0.840. The molecule has 0 aliphatic rings. The zero-order valence-electron chi connectivity index (χ0n) is 5.44. The van der Waals surface area contributed by atoms with E-state index in [0.29, 0.717) is 11.5 Å². The Bertz CT molecular complexity index is 236. The van der Waals surface area contributed by atoms with Gasteiger partial charge in [0.2, 0.25) is 0 Å². The highest BCUT2D eigenvalue weighted by Gasteiger charge is 2.00. The standard InChI is InChI=1S/C5H8O4S/c1-2-10(8,9)4-3-5(6)7/h3-4H,2H2,1H3,(H,6,7). The first-order valence-corrected chi connectivity index (χ1v) is 4.33. The van der Waals surface area contributed by atoms with Gasteiger partial charge in [-0.1, -0.05) is 6.92 Å². The predicted molar refractivity (Wildman–Crippen MR) is 36.2 cm³/mol. The van der Waals surface area contributed by atoms with Crippen LogP contribution in [0.15, 0.2) is 11.5 Å². The van der Waals surface area contributed by atoms with E-state index in [2.05, 4.69) is 0 Å². The Labute approximate surface area is 59.1 Å². The molecule has 0 aromatic heterocycles. The number of rotatable bonds is 3. The largest absolute Gasteiger partial charge is 0.478 e. The molecule has 0 aliphatic carbocycles. The van der Waals surface area contributed by atoms with Gasteiger partial charge in [-0.3, -0.25) is 0 Å². The lowest BCUT2D eigenvalue weighted by Crippen LogP contribution is -1.99. The summed E-state index contributed by atoms with van der Waals surface area (Å²) in [4.78, 5) is 9.81. The number of hydrogen-bond acceptors (Lipinski definition) is 3. The topological polar surface area (TPSA) is 71.4 Å². The molecule has 0 saturated carbocycles. The number of carboxylic acids is 1. The van der Waals surface area contributed by atoms with Crippen LogP contribution in [0.3, 0.4) is 0 Å². The number of sulfone groups is 1. The molecule has 0 rings (SSSR count). The first kappa shape index (κ1) is 9.16. The van der Waals surface area contributed by atoms with E-state index in [9.17, 15) is 13.2 Å². The van der Waals surface area contributed by atoms with E-state index < -0.39 is 15.8 Å². The predicted octanol–water partition coefficient (Wildman–Crippen LogP) is 0.0194. The van der Waals surface area contributed by atoms with Gasteiger partial charge in [0, 0.05) is 11.5 Å². The molecule has 0 fully saturated rings. The van der Waals surface area contributed by atoms with E-state index in [4.69, 9.17) is 5.11 Å². The van der Waals surface area contributed by atoms with Gasteiger partial charge in [-0.25, -0.2) is 13.2 Å². The van der Waals surface area contributed by atoms with Crippen LogP contribution in [0.2, 0.25) is 0 Å². The number of carboxylic acid groups (broad SMARTS) is 1. The second kappa shape index (κ2) is 3.36. The Balaban J connectivity index is 4.29. The summed E-state index contributed by atoms with van der Waals surface area (Å²) in [5.74, 6) is -1.33. The highest BCUT2D eigenvalue weighted by Crippen LogP contribution is 1.90. The van der Waals surface area contributed by atoms with Gasteiger partial charge in [0.15, 0.2) is 9.84 Å². The summed E-state index contributed by atoms with van der Waals surface area (Å²) in [6.07, 6.45) is 0.610. The smallest absolute Gasteiger partial charge is 0.329 e. The molecule has 0 aromatic carbocycles. The van der Waals surface area contributed by atoms with Gasteiger partial charge >= 0.3 is 5.97 Å². The molecule has 4 nitrogen and oxygen atoms in total. The molecule has 0 bridgehead atoms. The van der Waals surface area contributed by atoms with Crippen LogP contribution >= 0.6 is 0 Å². The molecular weight excluding hydrogens is 156 g/mol. The van der Waals surface area contributed by atoms with Crippen LogP contribution in [0.1, 0.15) is 6.92 Å². The van der Waals surface area contributed by atoms with Gasteiger partial charge in [0.1, 0.15) is 0 Å². The molecule has 0 spiro atoms. The second-order valence-corrected chi connectivity index (χ2v) is 3.77. The van der Waals surface area contributed by atoms with E-state index in [1.807, 2.05) is 0 Å². The van der Waals surface area contributed by atoms with Crippen molar-refractivity contribution in [2.24, 2.45) is 0 Å². The first-order valence-electron chi connectivity index (χ1n) is 2.61. The van der Waals surface area contributed by atoms with Crippen LogP contribution in [-0.4, -0.2) is 25.2 Å². The zero-order chi connectivity index (χ0) is 8.20. The normalized spacial score (nSPS) is 12.1. The van der Waals surface area contributed by atoms with Gasteiger partial charge in [-0.2, -0.15) is 0 Å². The van der Waals surface area contributed by atoms with E-state index in [1.165, 1.54) is 6.92 Å². The molecule has 0 radical (unpaired) electrons. The van der Waals surface area contributed by atoms with Crippen LogP contribution in [0.4, 0.5) is 0 Å². The molecule has 0 atom stereocenters. The van der Waals surface area contributed by atoms with Crippen molar-refractivity contribution < 1.29 is 18.3 Å². The summed E-state index contributed by atoms with van der Waals surface area (Å²) in [5.41, 5.74) is 0. The summed E-state index contributed by atoms with van der Waals surface area (Å²) in [6.45, 7) is 1.45. The average molecular weight is 164 g/mol. The van der Waals surface area contributed by atoms with Crippen LogP contribution in [0.5, 0.6) is 0 Å². The quantitative estimate of drug-likeness (QED) is 0.597. The SMILES string of the molecule is CCS(=O)(=O)C=CC(=O)O. The lowest BCUT2D eigenvalue weighted by atomic mass is 10.7. The number of hydrogen-bond donors (Lipinski definition) is 1. The molecule has 10 heavy (non-hydrogen) atoms. The number of aliphatic carboxylic acids is 1. The molecule has 58 valence electrons. The second-order valence-electron chi connectivity index (χ2n) is 1.59. The van der Waals surface area contributed by atoms with Gasteiger partial charge in [0.25, 0.3) is 0 Å². The van der Waals surface area contributed by atoms with E-state index >= 15 is 0 Å². The Morgan fingerprint density at radius 1 is 1.60 bits per heavy atom. The molecular formula is C5H8O4S. The third-order valence-electron chi connectivity index (χ3n) is 0.820. The van der Waals surface area contributed by atoms with E-state index in [1.54, 1.807) is 0 Å². The fourth-order valence-corrected chi connectivity index (χ4v) is 0.774. The molecule has 0 aromatic rings. The summed E-state index contributed by atoms with van der Waals surface area (Å²) in [5, 5.41) is 8.71. The van der Waals surface area contributed by atoms with Crippen LogP contribution in [0.25, 0.3) is 0 Å². The molecule has 0 heterocycles. The summed E-state index contributed by atoms with van der Waals surface area (Å²) < 4.78 is 21.1. The van der Waals surface area contributed by atoms with Crippen molar-refractivity contribution in [3.8, 4) is 0 Å². The minimum absolute atomic E-state index is 0.0726. The third-order valence-corrected chi connectivity index (χ3v) is 2.18. The molecule has 0 aliphatic heterocycles. The molecule has 0 saturated heterocycles. The van der Waals surface area contributed by atoms with Crippen molar-refractivity contribution >= 4 is 15.8 Å². The molecule has 5 heteroatoms.